The van der Waals surface area contributed by atoms with Crippen molar-refractivity contribution in [2.24, 2.45) is 0 Å². The first-order valence-corrected chi connectivity index (χ1v) is 11.4. The van der Waals surface area contributed by atoms with Crippen LogP contribution in [0.25, 0.3) is 11.2 Å². The van der Waals surface area contributed by atoms with Gasteiger partial charge in [-0.15, -0.1) is 0 Å². The molecule has 12 heteroatoms. The fraction of sp³-hybridized carbons (Fsp3) is 0.435. The van der Waals surface area contributed by atoms with Gasteiger partial charge < -0.3 is 28.7 Å². The van der Waals surface area contributed by atoms with Crippen molar-refractivity contribution in [2.75, 3.05) is 26.9 Å². The maximum atomic E-state index is 13.9. The summed E-state index contributed by atoms with van der Waals surface area (Å²) in [5.41, 5.74) is 1.36. The van der Waals surface area contributed by atoms with Gasteiger partial charge >= 0.3 is 5.97 Å². The van der Waals surface area contributed by atoms with E-state index in [0.29, 0.717) is 21.9 Å². The van der Waals surface area contributed by atoms with Crippen LogP contribution in [-0.4, -0.2) is 72.3 Å². The van der Waals surface area contributed by atoms with Crippen molar-refractivity contribution in [3.63, 3.8) is 0 Å². The van der Waals surface area contributed by atoms with E-state index in [1.54, 1.807) is 6.07 Å². The largest absolute Gasteiger partial charge is 0.467 e. The molecule has 2 saturated heterocycles. The van der Waals surface area contributed by atoms with E-state index in [1.807, 2.05) is 0 Å². The van der Waals surface area contributed by atoms with Crippen LogP contribution in [0.5, 0.6) is 6.01 Å². The molecule has 0 unspecified atom stereocenters. The zero-order valence-corrected chi connectivity index (χ0v) is 19.4. The molecule has 1 aromatic carbocycles. The van der Waals surface area contributed by atoms with E-state index in [2.05, 4.69) is 19.7 Å². The molecule has 2 aromatic heterocycles. The van der Waals surface area contributed by atoms with Crippen LogP contribution in [0.4, 0.5) is 8.78 Å². The SMILES string of the molecule is COC(=O)CO[C@@H]1CO[C@H]2[C@@H]1OC[C@H]2Oc1nc2nc(CCc3c(F)cccc3F)c(Cl)cc2[nH]1. The quantitative estimate of drug-likeness (QED) is 0.462. The summed E-state index contributed by atoms with van der Waals surface area (Å²) >= 11 is 6.35. The molecule has 4 atom stereocenters. The van der Waals surface area contributed by atoms with Gasteiger partial charge in [-0.3, -0.25) is 0 Å². The highest BCUT2D eigenvalue weighted by atomic mass is 35.5. The van der Waals surface area contributed by atoms with E-state index < -0.39 is 35.9 Å². The lowest BCUT2D eigenvalue weighted by molar-refractivity contribution is -0.150. The van der Waals surface area contributed by atoms with E-state index in [4.69, 9.17) is 30.5 Å². The number of carbonyl (C=O) groups is 1. The molecule has 3 aromatic rings. The number of pyridine rings is 1. The fourth-order valence-electron chi connectivity index (χ4n) is 4.23. The number of halogens is 3. The van der Waals surface area contributed by atoms with Crippen molar-refractivity contribution in [1.82, 2.24) is 15.0 Å². The third kappa shape index (κ3) is 4.94. The first-order chi connectivity index (χ1) is 16.9. The molecule has 0 bridgehead atoms. The predicted molar refractivity (Wildman–Crippen MR) is 118 cm³/mol. The number of fused-ring (bicyclic) bond motifs is 2. The summed E-state index contributed by atoms with van der Waals surface area (Å²) in [6.45, 7) is 0.318. The Hall–Kier alpha value is -2.86. The molecular formula is C23H22ClF2N3O6. The maximum Gasteiger partial charge on any atom is 0.331 e. The van der Waals surface area contributed by atoms with Crippen molar-refractivity contribution in [3.05, 3.63) is 52.2 Å². The number of benzene rings is 1. The Morgan fingerprint density at radius 2 is 1.86 bits per heavy atom. The van der Waals surface area contributed by atoms with Gasteiger partial charge in [-0.2, -0.15) is 4.98 Å². The van der Waals surface area contributed by atoms with Gasteiger partial charge in [0.05, 0.1) is 36.6 Å². The van der Waals surface area contributed by atoms with Gasteiger partial charge in [0, 0.05) is 5.56 Å². The van der Waals surface area contributed by atoms with Gasteiger partial charge in [-0.1, -0.05) is 17.7 Å². The molecule has 0 radical (unpaired) electrons. The number of nitrogens with zero attached hydrogens (tertiary/aromatic N) is 2. The second-order valence-corrected chi connectivity index (χ2v) is 8.62. The number of aryl methyl sites for hydroxylation is 1. The van der Waals surface area contributed by atoms with Crippen molar-refractivity contribution in [2.45, 2.75) is 37.3 Å². The molecule has 2 aliphatic heterocycles. The summed E-state index contributed by atoms with van der Waals surface area (Å²) in [6.07, 6.45) is -1.31. The molecule has 2 fully saturated rings. The summed E-state index contributed by atoms with van der Waals surface area (Å²) in [5.74, 6) is -1.70. The van der Waals surface area contributed by atoms with Crippen molar-refractivity contribution < 1.29 is 37.3 Å². The molecule has 35 heavy (non-hydrogen) atoms. The molecule has 0 spiro atoms. The second kappa shape index (κ2) is 10.0. The minimum absolute atomic E-state index is 0.0160. The van der Waals surface area contributed by atoms with Gasteiger partial charge in [-0.25, -0.2) is 18.6 Å². The Balaban J connectivity index is 1.25. The number of aromatic amines is 1. The molecule has 0 saturated carbocycles. The number of esters is 1. The average Bonchev–Trinajstić information content (AvgIpc) is 3.53. The fourth-order valence-corrected chi connectivity index (χ4v) is 4.47. The van der Waals surface area contributed by atoms with E-state index in [-0.39, 0.29) is 50.3 Å². The van der Waals surface area contributed by atoms with Gasteiger partial charge in [0.1, 0.15) is 36.6 Å². The predicted octanol–water partition coefficient (Wildman–Crippen LogP) is 2.78. The van der Waals surface area contributed by atoms with E-state index in [9.17, 15) is 13.6 Å². The molecule has 5 rings (SSSR count). The molecule has 0 aliphatic carbocycles. The van der Waals surface area contributed by atoms with Crippen molar-refractivity contribution in [1.29, 1.82) is 0 Å². The average molecular weight is 510 g/mol. The van der Waals surface area contributed by atoms with Crippen LogP contribution in [0.3, 0.4) is 0 Å². The number of nitrogens with one attached hydrogen (secondary N) is 1. The minimum atomic E-state index is -0.609. The van der Waals surface area contributed by atoms with Crippen LogP contribution < -0.4 is 4.74 Å². The number of carbonyl (C=O) groups excluding carboxylic acids is 1. The summed E-state index contributed by atoms with van der Waals surface area (Å²) in [5, 5.41) is 0.346. The van der Waals surface area contributed by atoms with Gasteiger partial charge in [0.25, 0.3) is 6.01 Å². The number of hydrogen-bond acceptors (Lipinski definition) is 8. The highest BCUT2D eigenvalue weighted by Gasteiger charge is 2.50. The van der Waals surface area contributed by atoms with Crippen LogP contribution in [0, 0.1) is 11.6 Å². The number of H-pyrrole nitrogens is 1. The number of imidazole rings is 1. The van der Waals surface area contributed by atoms with Crippen molar-refractivity contribution >= 4 is 28.7 Å². The number of rotatable bonds is 8. The summed E-state index contributed by atoms with van der Waals surface area (Å²) in [6, 6.07) is 5.60. The zero-order chi connectivity index (χ0) is 24.5. The number of aromatic nitrogens is 3. The lowest BCUT2D eigenvalue weighted by Crippen LogP contribution is -2.36. The lowest BCUT2D eigenvalue weighted by atomic mass is 10.1. The lowest BCUT2D eigenvalue weighted by Gasteiger charge is -2.16. The second-order valence-electron chi connectivity index (χ2n) is 8.21. The van der Waals surface area contributed by atoms with E-state index in [0.717, 1.165) is 0 Å². The molecule has 0 amide bonds. The number of hydrogen-bond donors (Lipinski definition) is 1. The Morgan fingerprint density at radius 1 is 1.14 bits per heavy atom. The minimum Gasteiger partial charge on any atom is -0.467 e. The molecule has 9 nitrogen and oxygen atoms in total. The molecule has 2 aliphatic rings. The highest BCUT2D eigenvalue weighted by Crippen LogP contribution is 2.32. The first-order valence-electron chi connectivity index (χ1n) is 11.0. The smallest absolute Gasteiger partial charge is 0.331 e. The van der Waals surface area contributed by atoms with Crippen LogP contribution in [0.2, 0.25) is 5.02 Å². The van der Waals surface area contributed by atoms with Crippen LogP contribution >= 0.6 is 11.6 Å². The van der Waals surface area contributed by atoms with Crippen molar-refractivity contribution in [3.8, 4) is 6.01 Å². The zero-order valence-electron chi connectivity index (χ0n) is 18.6. The van der Waals surface area contributed by atoms with Gasteiger partial charge in [0.2, 0.25) is 0 Å². The maximum absolute atomic E-state index is 13.9. The van der Waals surface area contributed by atoms with Crippen LogP contribution in [0.1, 0.15) is 11.3 Å². The molecule has 186 valence electrons. The monoisotopic (exact) mass is 509 g/mol. The van der Waals surface area contributed by atoms with E-state index in [1.165, 1.54) is 25.3 Å². The third-order valence-electron chi connectivity index (χ3n) is 6.02. The third-order valence-corrected chi connectivity index (χ3v) is 6.35. The van der Waals surface area contributed by atoms with Gasteiger partial charge in [-0.05, 0) is 31.0 Å². The Labute approximate surface area is 203 Å². The standard InChI is InChI=1S/C23H22ClF2N3O6/c1-31-19(30)10-32-17-8-33-21-18(9-34-20(17)21)35-23-28-16-7-12(24)15(27-22(16)29-23)6-5-11-13(25)3-2-4-14(11)26/h2-4,7,17-18,20-21H,5-6,8-10H2,1H3,(H,27,28,29)/t17-,18-,20-,21-/m1/s1. The topological polar surface area (TPSA) is 105 Å². The Kier molecular flexibility index (Phi) is 6.83. The molecule has 4 heterocycles. The Morgan fingerprint density at radius 3 is 2.60 bits per heavy atom. The van der Waals surface area contributed by atoms with Crippen LogP contribution in [-0.2, 0) is 36.6 Å². The Bertz CT molecular complexity index is 1220. The molecular weight excluding hydrogens is 488 g/mol. The normalized spacial score (nSPS) is 23.5. The number of methoxy groups -OCH3 is 1. The number of ether oxygens (including phenoxy) is 5. The highest BCUT2D eigenvalue weighted by molar-refractivity contribution is 6.31. The summed E-state index contributed by atoms with van der Waals surface area (Å²) in [4.78, 5) is 23.2. The van der Waals surface area contributed by atoms with E-state index >= 15 is 0 Å². The summed E-state index contributed by atoms with van der Waals surface area (Å²) in [7, 11) is 1.29. The summed E-state index contributed by atoms with van der Waals surface area (Å²) < 4.78 is 55.5. The van der Waals surface area contributed by atoms with Crippen LogP contribution in [0.15, 0.2) is 24.3 Å². The van der Waals surface area contributed by atoms with Gasteiger partial charge in [0.15, 0.2) is 11.8 Å². The molecule has 1 N–H and O–H groups in total. The first kappa shape index (κ1) is 23.9.